The summed E-state index contributed by atoms with van der Waals surface area (Å²) in [6.07, 6.45) is 1.76. The Bertz CT molecular complexity index is 1090. The van der Waals surface area contributed by atoms with E-state index in [-0.39, 0.29) is 12.6 Å². The zero-order valence-electron chi connectivity index (χ0n) is 14.3. The van der Waals surface area contributed by atoms with Gasteiger partial charge in [-0.2, -0.15) is 0 Å². The fraction of sp³-hybridized carbons (Fsp3) is 0.0455. The van der Waals surface area contributed by atoms with Gasteiger partial charge >= 0.3 is 5.97 Å². The van der Waals surface area contributed by atoms with E-state index in [2.05, 4.69) is 9.97 Å². The minimum absolute atomic E-state index is 0.200. The summed E-state index contributed by atoms with van der Waals surface area (Å²) < 4.78 is 5.35. The zero-order valence-corrected chi connectivity index (χ0v) is 15.1. The second-order valence-electron chi connectivity index (χ2n) is 6.02. The molecule has 132 valence electrons. The summed E-state index contributed by atoms with van der Waals surface area (Å²) in [6.45, 7) is 0.200. The van der Waals surface area contributed by atoms with Crippen LogP contribution in [0.3, 0.4) is 0 Å². The fourth-order valence-corrected chi connectivity index (χ4v) is 2.81. The smallest absolute Gasteiger partial charge is 0.338 e. The molecule has 0 unspecified atom stereocenters. The highest BCUT2D eigenvalue weighted by atomic mass is 35.5. The minimum Gasteiger partial charge on any atom is -0.457 e. The largest absolute Gasteiger partial charge is 0.457 e. The summed E-state index contributed by atoms with van der Waals surface area (Å²) in [4.78, 5) is 21.1. The summed E-state index contributed by atoms with van der Waals surface area (Å²) in [5.74, 6) is -0.379. The lowest BCUT2D eigenvalue weighted by Gasteiger charge is -2.07. The Balaban J connectivity index is 1.45. The number of nitrogens with zero attached hydrogens (tertiary/aromatic N) is 2. The molecule has 0 saturated carbocycles. The molecule has 0 fully saturated rings. The number of halogens is 1. The van der Waals surface area contributed by atoms with E-state index in [4.69, 9.17) is 16.3 Å². The van der Waals surface area contributed by atoms with Crippen LogP contribution < -0.4 is 0 Å². The molecule has 0 radical (unpaired) electrons. The third kappa shape index (κ3) is 3.96. The van der Waals surface area contributed by atoms with Gasteiger partial charge in [0.25, 0.3) is 0 Å². The summed E-state index contributed by atoms with van der Waals surface area (Å²) in [5.41, 5.74) is 4.86. The molecule has 0 bridgehead atoms. The van der Waals surface area contributed by atoms with Crippen LogP contribution in [-0.4, -0.2) is 15.9 Å². The van der Waals surface area contributed by atoms with Gasteiger partial charge in [0.2, 0.25) is 0 Å². The maximum atomic E-state index is 12.1. The quantitative estimate of drug-likeness (QED) is 0.454. The Kier molecular flexibility index (Phi) is 4.81. The summed E-state index contributed by atoms with van der Waals surface area (Å²) in [7, 11) is 0. The van der Waals surface area contributed by atoms with E-state index >= 15 is 0 Å². The zero-order chi connectivity index (χ0) is 18.6. The first-order chi connectivity index (χ1) is 13.2. The van der Waals surface area contributed by atoms with E-state index in [0.717, 1.165) is 27.9 Å². The number of fused-ring (bicyclic) bond motifs is 1. The van der Waals surface area contributed by atoms with Crippen molar-refractivity contribution in [3.63, 3.8) is 0 Å². The Labute approximate surface area is 161 Å². The van der Waals surface area contributed by atoms with Crippen LogP contribution in [0.1, 0.15) is 15.9 Å². The second kappa shape index (κ2) is 7.56. The molecule has 0 aliphatic rings. The number of carbonyl (C=O) groups is 1. The van der Waals surface area contributed by atoms with Crippen molar-refractivity contribution in [3.8, 4) is 11.3 Å². The van der Waals surface area contributed by atoms with Crippen molar-refractivity contribution in [2.45, 2.75) is 6.61 Å². The van der Waals surface area contributed by atoms with Crippen LogP contribution in [-0.2, 0) is 11.3 Å². The number of rotatable bonds is 4. The van der Waals surface area contributed by atoms with Crippen molar-refractivity contribution in [3.05, 3.63) is 95.1 Å². The molecule has 0 N–H and O–H groups in total. The number of hydrogen-bond donors (Lipinski definition) is 0. The molecule has 0 atom stereocenters. The van der Waals surface area contributed by atoms with Crippen LogP contribution in [0.25, 0.3) is 22.3 Å². The SMILES string of the molecule is O=C(OCc1ccc(-c2cnc3ccccc3n2)cc1)c1ccc(Cl)cc1. The molecule has 1 aromatic heterocycles. The van der Waals surface area contributed by atoms with E-state index in [1.807, 2.05) is 48.5 Å². The molecule has 0 amide bonds. The number of aromatic nitrogens is 2. The van der Waals surface area contributed by atoms with E-state index in [1.54, 1.807) is 30.5 Å². The van der Waals surface area contributed by atoms with Crippen molar-refractivity contribution in [2.75, 3.05) is 0 Å². The third-order valence-corrected chi connectivity index (χ3v) is 4.40. The normalized spacial score (nSPS) is 10.7. The van der Waals surface area contributed by atoms with Gasteiger partial charge in [-0.1, -0.05) is 48.0 Å². The number of ether oxygens (including phenoxy) is 1. The van der Waals surface area contributed by atoms with Gasteiger partial charge in [0.05, 0.1) is 28.5 Å². The third-order valence-electron chi connectivity index (χ3n) is 4.15. The lowest BCUT2D eigenvalue weighted by molar-refractivity contribution is 0.0473. The van der Waals surface area contributed by atoms with Crippen LogP contribution in [0.4, 0.5) is 0 Å². The average molecular weight is 375 g/mol. The van der Waals surface area contributed by atoms with Crippen molar-refractivity contribution in [1.29, 1.82) is 0 Å². The minimum atomic E-state index is -0.379. The molecular formula is C22H15ClN2O2. The highest BCUT2D eigenvalue weighted by Gasteiger charge is 2.08. The predicted molar refractivity (Wildman–Crippen MR) is 106 cm³/mol. The number of hydrogen-bond acceptors (Lipinski definition) is 4. The van der Waals surface area contributed by atoms with E-state index in [1.165, 1.54) is 0 Å². The molecular weight excluding hydrogens is 360 g/mol. The van der Waals surface area contributed by atoms with Gasteiger partial charge in [0.1, 0.15) is 6.61 Å². The van der Waals surface area contributed by atoms with Crippen LogP contribution in [0.5, 0.6) is 0 Å². The Morgan fingerprint density at radius 3 is 2.33 bits per heavy atom. The first-order valence-electron chi connectivity index (χ1n) is 8.43. The van der Waals surface area contributed by atoms with Crippen LogP contribution in [0.15, 0.2) is 79.0 Å². The van der Waals surface area contributed by atoms with Gasteiger partial charge in [0, 0.05) is 10.6 Å². The van der Waals surface area contributed by atoms with Crippen LogP contribution >= 0.6 is 11.6 Å². The second-order valence-corrected chi connectivity index (χ2v) is 6.46. The molecule has 0 aliphatic carbocycles. The van der Waals surface area contributed by atoms with Crippen molar-refractivity contribution in [1.82, 2.24) is 9.97 Å². The molecule has 4 nitrogen and oxygen atoms in total. The van der Waals surface area contributed by atoms with Crippen molar-refractivity contribution in [2.24, 2.45) is 0 Å². The highest BCUT2D eigenvalue weighted by Crippen LogP contribution is 2.20. The van der Waals surface area contributed by atoms with Gasteiger partial charge in [-0.3, -0.25) is 4.98 Å². The van der Waals surface area contributed by atoms with Crippen LogP contribution in [0.2, 0.25) is 5.02 Å². The predicted octanol–water partition coefficient (Wildman–Crippen LogP) is 5.31. The number of para-hydroxylation sites is 2. The Morgan fingerprint density at radius 2 is 1.59 bits per heavy atom. The van der Waals surface area contributed by atoms with Crippen molar-refractivity contribution < 1.29 is 9.53 Å². The molecule has 4 rings (SSSR count). The molecule has 0 aliphatic heterocycles. The first-order valence-corrected chi connectivity index (χ1v) is 8.81. The fourth-order valence-electron chi connectivity index (χ4n) is 2.69. The number of carbonyl (C=O) groups excluding carboxylic acids is 1. The lowest BCUT2D eigenvalue weighted by atomic mass is 10.1. The molecule has 5 heteroatoms. The molecule has 3 aromatic carbocycles. The topological polar surface area (TPSA) is 52.1 Å². The summed E-state index contributed by atoms with van der Waals surface area (Å²) in [5, 5.41) is 0.582. The standard InChI is InChI=1S/C22H15ClN2O2/c23-18-11-9-17(10-12-18)22(26)27-14-15-5-7-16(8-6-15)21-13-24-19-3-1-2-4-20(19)25-21/h1-13H,14H2. The van der Waals surface area contributed by atoms with E-state index in [0.29, 0.717) is 10.6 Å². The maximum absolute atomic E-state index is 12.1. The lowest BCUT2D eigenvalue weighted by Crippen LogP contribution is -2.04. The number of benzene rings is 3. The molecule has 1 heterocycles. The molecule has 0 saturated heterocycles. The maximum Gasteiger partial charge on any atom is 0.338 e. The van der Waals surface area contributed by atoms with E-state index < -0.39 is 0 Å². The molecule has 27 heavy (non-hydrogen) atoms. The Morgan fingerprint density at radius 1 is 0.889 bits per heavy atom. The van der Waals surface area contributed by atoms with Gasteiger partial charge in [-0.15, -0.1) is 0 Å². The molecule has 0 spiro atoms. The van der Waals surface area contributed by atoms with Gasteiger partial charge in [-0.05, 0) is 42.0 Å². The first kappa shape index (κ1) is 17.2. The number of esters is 1. The van der Waals surface area contributed by atoms with Crippen LogP contribution in [0, 0.1) is 0 Å². The Hall–Kier alpha value is -3.24. The van der Waals surface area contributed by atoms with Gasteiger partial charge in [-0.25, -0.2) is 9.78 Å². The van der Waals surface area contributed by atoms with Gasteiger partial charge < -0.3 is 4.74 Å². The highest BCUT2D eigenvalue weighted by molar-refractivity contribution is 6.30. The van der Waals surface area contributed by atoms with Crippen molar-refractivity contribution >= 4 is 28.6 Å². The van der Waals surface area contributed by atoms with E-state index in [9.17, 15) is 4.79 Å². The van der Waals surface area contributed by atoms with Gasteiger partial charge in [0.15, 0.2) is 0 Å². The molecule has 4 aromatic rings. The average Bonchev–Trinajstić information content (AvgIpc) is 2.72. The monoisotopic (exact) mass is 374 g/mol. The summed E-state index contributed by atoms with van der Waals surface area (Å²) in [6, 6.07) is 22.1. The summed E-state index contributed by atoms with van der Waals surface area (Å²) >= 11 is 5.83.